The number of methoxy groups -OCH3 is 1. The molecule has 0 radical (unpaired) electrons. The molecule has 104 valence electrons. The minimum atomic E-state index is -0.368. The first-order chi connectivity index (χ1) is 9.12. The zero-order chi connectivity index (χ0) is 14.3. The Morgan fingerprint density at radius 3 is 2.63 bits per heavy atom. The molecule has 0 amide bonds. The maximum Gasteiger partial charge on any atom is 0.338 e. The number of hydrogen-bond donors (Lipinski definition) is 0. The van der Waals surface area contributed by atoms with Gasteiger partial charge in [-0.3, -0.25) is 4.79 Å². The lowest BCUT2D eigenvalue weighted by Crippen LogP contribution is -2.08. The van der Waals surface area contributed by atoms with Crippen LogP contribution in [-0.4, -0.2) is 25.7 Å². The highest BCUT2D eigenvalue weighted by atomic mass is 79.9. The summed E-state index contributed by atoms with van der Waals surface area (Å²) in [7, 11) is 1.35. The lowest BCUT2D eigenvalue weighted by atomic mass is 10.0. The second kappa shape index (κ2) is 7.94. The predicted molar refractivity (Wildman–Crippen MR) is 75.4 cm³/mol. The summed E-state index contributed by atoms with van der Waals surface area (Å²) < 4.78 is 9.62. The van der Waals surface area contributed by atoms with E-state index in [1.54, 1.807) is 13.0 Å². The molecule has 1 rings (SSSR count). The molecular formula is C14H17BrO4. The summed E-state index contributed by atoms with van der Waals surface area (Å²) in [4.78, 5) is 22.9. The minimum Gasteiger partial charge on any atom is -0.466 e. The number of hydrogen-bond acceptors (Lipinski definition) is 4. The molecule has 0 aliphatic carbocycles. The van der Waals surface area contributed by atoms with Gasteiger partial charge in [0.1, 0.15) is 0 Å². The van der Waals surface area contributed by atoms with Crippen LogP contribution in [0.2, 0.25) is 0 Å². The summed E-state index contributed by atoms with van der Waals surface area (Å²) in [6.45, 7) is 2.16. The van der Waals surface area contributed by atoms with Gasteiger partial charge in [-0.25, -0.2) is 4.79 Å². The Labute approximate surface area is 121 Å². The molecule has 0 spiro atoms. The van der Waals surface area contributed by atoms with E-state index in [2.05, 4.69) is 15.9 Å². The van der Waals surface area contributed by atoms with Crippen molar-refractivity contribution in [2.24, 2.45) is 0 Å². The lowest BCUT2D eigenvalue weighted by molar-refractivity contribution is -0.143. The number of rotatable bonds is 6. The van der Waals surface area contributed by atoms with Gasteiger partial charge in [0, 0.05) is 11.8 Å². The summed E-state index contributed by atoms with van der Waals surface area (Å²) >= 11 is 3.33. The highest BCUT2D eigenvalue weighted by Gasteiger charge is 2.12. The maximum absolute atomic E-state index is 11.7. The minimum absolute atomic E-state index is 0.230. The standard InChI is InChI=1S/C14H17BrO4/c1-3-19-13(16)7-5-10-4-6-11(9-15)12(8-10)14(17)18-2/h4,6,8H,3,5,7,9H2,1-2H3. The zero-order valence-electron chi connectivity index (χ0n) is 11.1. The van der Waals surface area contributed by atoms with Crippen molar-refractivity contribution < 1.29 is 19.1 Å². The molecule has 1 aromatic carbocycles. The second-order valence-corrected chi connectivity index (χ2v) is 4.48. The zero-order valence-corrected chi connectivity index (χ0v) is 12.7. The van der Waals surface area contributed by atoms with Crippen molar-refractivity contribution in [1.29, 1.82) is 0 Å². The third-order valence-electron chi connectivity index (χ3n) is 2.65. The van der Waals surface area contributed by atoms with Gasteiger partial charge in [-0.15, -0.1) is 0 Å². The fourth-order valence-electron chi connectivity index (χ4n) is 1.68. The Kier molecular flexibility index (Phi) is 6.56. The van der Waals surface area contributed by atoms with Crippen LogP contribution < -0.4 is 0 Å². The van der Waals surface area contributed by atoms with Gasteiger partial charge >= 0.3 is 11.9 Å². The molecule has 0 N–H and O–H groups in total. The Bertz CT molecular complexity index is 457. The van der Waals surface area contributed by atoms with Crippen LogP contribution in [0, 0.1) is 0 Å². The van der Waals surface area contributed by atoms with Crippen molar-refractivity contribution in [2.45, 2.75) is 25.1 Å². The van der Waals surface area contributed by atoms with Crippen LogP contribution in [0.5, 0.6) is 0 Å². The molecule has 0 bridgehead atoms. The van der Waals surface area contributed by atoms with Gasteiger partial charge in [0.05, 0.1) is 19.3 Å². The Balaban J connectivity index is 2.80. The maximum atomic E-state index is 11.7. The van der Waals surface area contributed by atoms with Gasteiger partial charge in [-0.05, 0) is 30.5 Å². The molecule has 0 heterocycles. The van der Waals surface area contributed by atoms with E-state index < -0.39 is 0 Å². The molecule has 0 atom stereocenters. The summed E-state index contributed by atoms with van der Waals surface area (Å²) in [6, 6.07) is 5.53. The summed E-state index contributed by atoms with van der Waals surface area (Å²) in [5.74, 6) is -0.598. The number of esters is 2. The first kappa shape index (κ1) is 15.7. The highest BCUT2D eigenvalue weighted by Crippen LogP contribution is 2.17. The van der Waals surface area contributed by atoms with Crippen molar-refractivity contribution in [1.82, 2.24) is 0 Å². The molecule has 0 saturated heterocycles. The number of carbonyl (C=O) groups excluding carboxylic acids is 2. The SMILES string of the molecule is CCOC(=O)CCc1ccc(CBr)c(C(=O)OC)c1. The molecule has 4 nitrogen and oxygen atoms in total. The van der Waals surface area contributed by atoms with E-state index in [4.69, 9.17) is 9.47 Å². The van der Waals surface area contributed by atoms with Gasteiger partial charge in [0.2, 0.25) is 0 Å². The number of aryl methyl sites for hydroxylation is 1. The van der Waals surface area contributed by atoms with Crippen LogP contribution in [0.25, 0.3) is 0 Å². The molecule has 0 fully saturated rings. The first-order valence-corrected chi connectivity index (χ1v) is 7.16. The average molecular weight is 329 g/mol. The largest absolute Gasteiger partial charge is 0.466 e. The fourth-order valence-corrected chi connectivity index (χ4v) is 2.16. The number of alkyl halides is 1. The van der Waals surface area contributed by atoms with E-state index in [1.807, 2.05) is 12.1 Å². The summed E-state index contributed by atoms with van der Waals surface area (Å²) in [5, 5.41) is 0.579. The first-order valence-electron chi connectivity index (χ1n) is 6.04. The average Bonchev–Trinajstić information content (AvgIpc) is 2.44. The van der Waals surface area contributed by atoms with Crippen molar-refractivity contribution >= 4 is 27.9 Å². The topological polar surface area (TPSA) is 52.6 Å². The normalized spacial score (nSPS) is 10.1. The summed E-state index contributed by atoms with van der Waals surface area (Å²) in [5.41, 5.74) is 2.31. The molecule has 1 aromatic rings. The lowest BCUT2D eigenvalue weighted by Gasteiger charge is -2.08. The fraction of sp³-hybridized carbons (Fsp3) is 0.429. The van der Waals surface area contributed by atoms with E-state index in [0.717, 1.165) is 11.1 Å². The number of benzene rings is 1. The van der Waals surface area contributed by atoms with Crippen LogP contribution >= 0.6 is 15.9 Å². The van der Waals surface area contributed by atoms with Crippen LogP contribution in [-0.2, 0) is 26.0 Å². The monoisotopic (exact) mass is 328 g/mol. The Morgan fingerprint density at radius 2 is 2.05 bits per heavy atom. The van der Waals surface area contributed by atoms with E-state index in [1.165, 1.54) is 7.11 Å². The molecule has 5 heteroatoms. The Morgan fingerprint density at radius 1 is 1.32 bits per heavy atom. The van der Waals surface area contributed by atoms with Crippen molar-refractivity contribution in [2.75, 3.05) is 13.7 Å². The van der Waals surface area contributed by atoms with E-state index in [0.29, 0.717) is 30.3 Å². The van der Waals surface area contributed by atoms with E-state index in [-0.39, 0.29) is 11.9 Å². The Hall–Kier alpha value is -1.36. The molecule has 0 unspecified atom stereocenters. The second-order valence-electron chi connectivity index (χ2n) is 3.92. The molecule has 19 heavy (non-hydrogen) atoms. The van der Waals surface area contributed by atoms with Crippen LogP contribution in [0.15, 0.2) is 18.2 Å². The van der Waals surface area contributed by atoms with Gasteiger partial charge < -0.3 is 9.47 Å². The number of halogens is 1. The molecule has 0 saturated carbocycles. The van der Waals surface area contributed by atoms with Gasteiger partial charge in [-0.1, -0.05) is 28.1 Å². The number of ether oxygens (including phenoxy) is 2. The van der Waals surface area contributed by atoms with Crippen LogP contribution in [0.3, 0.4) is 0 Å². The smallest absolute Gasteiger partial charge is 0.338 e. The molecule has 0 aliphatic heterocycles. The van der Waals surface area contributed by atoms with Crippen molar-refractivity contribution in [3.05, 3.63) is 34.9 Å². The molecule has 0 aromatic heterocycles. The van der Waals surface area contributed by atoms with Gasteiger partial charge in [-0.2, -0.15) is 0 Å². The van der Waals surface area contributed by atoms with Gasteiger partial charge in [0.15, 0.2) is 0 Å². The molecule has 0 aliphatic rings. The third kappa shape index (κ3) is 4.67. The molecular weight excluding hydrogens is 312 g/mol. The van der Waals surface area contributed by atoms with Gasteiger partial charge in [0.25, 0.3) is 0 Å². The third-order valence-corrected chi connectivity index (χ3v) is 3.25. The van der Waals surface area contributed by atoms with Crippen molar-refractivity contribution in [3.8, 4) is 0 Å². The van der Waals surface area contributed by atoms with E-state index in [9.17, 15) is 9.59 Å². The van der Waals surface area contributed by atoms with E-state index >= 15 is 0 Å². The highest BCUT2D eigenvalue weighted by molar-refractivity contribution is 9.08. The van der Waals surface area contributed by atoms with Crippen molar-refractivity contribution in [3.63, 3.8) is 0 Å². The van der Waals surface area contributed by atoms with Crippen LogP contribution in [0.4, 0.5) is 0 Å². The van der Waals surface area contributed by atoms with Crippen LogP contribution in [0.1, 0.15) is 34.8 Å². The predicted octanol–water partition coefficient (Wildman–Crippen LogP) is 2.86. The summed E-state index contributed by atoms with van der Waals surface area (Å²) in [6.07, 6.45) is 0.855. The number of carbonyl (C=O) groups is 2. The quantitative estimate of drug-likeness (QED) is 0.595.